The number of benzene rings is 1. The van der Waals surface area contributed by atoms with Crippen molar-refractivity contribution >= 4 is 5.97 Å². The minimum Gasteiger partial charge on any atom is -0.478 e. The Bertz CT molecular complexity index is 465. The number of allylic oxidation sites excluding steroid dienone is 7. The van der Waals surface area contributed by atoms with Crippen molar-refractivity contribution in [1.29, 1.82) is 0 Å². The molecule has 1 rings (SSSR count). The average Bonchev–Trinajstić information content (AvgIpc) is 2.43. The van der Waals surface area contributed by atoms with Gasteiger partial charge in [-0.2, -0.15) is 0 Å². The normalized spacial score (nSPS) is 11.3. The molecule has 0 aliphatic heterocycles. The summed E-state index contributed by atoms with van der Waals surface area (Å²) in [6.45, 7) is 4.03. The summed E-state index contributed by atoms with van der Waals surface area (Å²) in [7, 11) is 0. The standard InChI is InChI=1S/C11H14O2.C7H8/c1-2-3-4-5-6-7-8-9-10-11(12)13;1-7-5-3-2-4-6-7/h2-7,9-10H,8H2,1H3,(H,12,13);2-6H,1H3/b3-2-,5-4-,7-6+,10-9+;. The highest BCUT2D eigenvalue weighted by atomic mass is 16.4. The lowest BCUT2D eigenvalue weighted by atomic mass is 10.2. The van der Waals surface area contributed by atoms with Gasteiger partial charge in [0.25, 0.3) is 0 Å². The second-order valence-electron chi connectivity index (χ2n) is 3.97. The minimum absolute atomic E-state index is 0.645. The third kappa shape index (κ3) is 13.7. The van der Waals surface area contributed by atoms with Crippen LogP contribution in [0.25, 0.3) is 0 Å². The van der Waals surface area contributed by atoms with Crippen LogP contribution in [0.2, 0.25) is 0 Å². The van der Waals surface area contributed by atoms with Crippen LogP contribution in [0.15, 0.2) is 78.9 Å². The second kappa shape index (κ2) is 13.1. The molecular weight excluding hydrogens is 248 g/mol. The minimum atomic E-state index is -0.905. The van der Waals surface area contributed by atoms with Gasteiger partial charge in [0.05, 0.1) is 0 Å². The van der Waals surface area contributed by atoms with Gasteiger partial charge in [0.15, 0.2) is 0 Å². The van der Waals surface area contributed by atoms with Gasteiger partial charge in [-0.05, 0) is 20.3 Å². The third-order valence-corrected chi connectivity index (χ3v) is 2.13. The lowest BCUT2D eigenvalue weighted by molar-refractivity contribution is -0.131. The number of carboxylic acid groups (broad SMARTS) is 1. The van der Waals surface area contributed by atoms with Gasteiger partial charge in [-0.15, -0.1) is 0 Å². The fourth-order valence-electron chi connectivity index (χ4n) is 1.18. The van der Waals surface area contributed by atoms with Gasteiger partial charge < -0.3 is 5.11 Å². The van der Waals surface area contributed by atoms with E-state index in [1.165, 1.54) is 5.56 Å². The van der Waals surface area contributed by atoms with Crippen molar-refractivity contribution in [1.82, 2.24) is 0 Å². The summed E-state index contributed by atoms with van der Waals surface area (Å²) in [6.07, 6.45) is 14.8. The maximum absolute atomic E-state index is 10.0. The van der Waals surface area contributed by atoms with Crippen LogP contribution in [0.4, 0.5) is 0 Å². The van der Waals surface area contributed by atoms with Gasteiger partial charge in [-0.3, -0.25) is 0 Å². The molecule has 0 saturated heterocycles. The lowest BCUT2D eigenvalue weighted by Crippen LogP contribution is -1.84. The molecule has 0 amide bonds. The highest BCUT2D eigenvalue weighted by Crippen LogP contribution is 1.92. The summed E-state index contributed by atoms with van der Waals surface area (Å²) in [5.74, 6) is -0.905. The van der Waals surface area contributed by atoms with Crippen molar-refractivity contribution < 1.29 is 9.90 Å². The van der Waals surface area contributed by atoms with E-state index in [0.717, 1.165) is 6.08 Å². The molecule has 20 heavy (non-hydrogen) atoms. The van der Waals surface area contributed by atoms with Crippen molar-refractivity contribution in [2.75, 3.05) is 0 Å². The van der Waals surface area contributed by atoms with E-state index in [2.05, 4.69) is 19.1 Å². The Morgan fingerprint density at radius 2 is 1.70 bits per heavy atom. The van der Waals surface area contributed by atoms with Crippen LogP contribution >= 0.6 is 0 Å². The predicted molar refractivity (Wildman–Crippen MR) is 85.7 cm³/mol. The molecule has 0 radical (unpaired) electrons. The molecule has 0 saturated carbocycles. The predicted octanol–water partition coefficient (Wildman–Crippen LogP) is 4.70. The SMILES string of the molecule is C\C=C/C=C\C=C\C/C=C/C(=O)O.Cc1ccccc1. The zero-order chi connectivity index (χ0) is 15.1. The largest absolute Gasteiger partial charge is 0.478 e. The molecule has 0 aromatic heterocycles. The van der Waals surface area contributed by atoms with Crippen molar-refractivity contribution in [2.45, 2.75) is 20.3 Å². The Balaban J connectivity index is 0.000000428. The first-order valence-electron chi connectivity index (χ1n) is 6.52. The summed E-state index contributed by atoms with van der Waals surface area (Å²) < 4.78 is 0. The molecule has 0 bridgehead atoms. The maximum atomic E-state index is 10.0. The Kier molecular flexibility index (Phi) is 11.6. The molecule has 106 valence electrons. The van der Waals surface area contributed by atoms with E-state index in [1.807, 2.05) is 61.6 Å². The highest BCUT2D eigenvalue weighted by molar-refractivity contribution is 5.79. The highest BCUT2D eigenvalue weighted by Gasteiger charge is 1.80. The number of hydrogen-bond donors (Lipinski definition) is 1. The van der Waals surface area contributed by atoms with Crippen molar-refractivity contribution in [3.05, 3.63) is 84.5 Å². The number of carbonyl (C=O) groups is 1. The zero-order valence-electron chi connectivity index (χ0n) is 12.1. The molecule has 0 spiro atoms. The van der Waals surface area contributed by atoms with Crippen LogP contribution in [0.5, 0.6) is 0 Å². The van der Waals surface area contributed by atoms with E-state index < -0.39 is 5.97 Å². The van der Waals surface area contributed by atoms with Crippen LogP contribution in [-0.4, -0.2) is 11.1 Å². The molecule has 2 heteroatoms. The van der Waals surface area contributed by atoms with Gasteiger partial charge in [-0.25, -0.2) is 4.79 Å². The smallest absolute Gasteiger partial charge is 0.327 e. The van der Waals surface area contributed by atoms with Crippen LogP contribution in [-0.2, 0) is 4.79 Å². The Morgan fingerprint density at radius 1 is 1.05 bits per heavy atom. The van der Waals surface area contributed by atoms with E-state index in [4.69, 9.17) is 5.11 Å². The van der Waals surface area contributed by atoms with Crippen LogP contribution < -0.4 is 0 Å². The van der Waals surface area contributed by atoms with Gasteiger partial charge in [0.1, 0.15) is 0 Å². The summed E-state index contributed by atoms with van der Waals surface area (Å²) >= 11 is 0. The van der Waals surface area contributed by atoms with E-state index in [0.29, 0.717) is 6.42 Å². The first kappa shape index (κ1) is 17.6. The van der Waals surface area contributed by atoms with E-state index >= 15 is 0 Å². The zero-order valence-corrected chi connectivity index (χ0v) is 12.1. The molecule has 1 aromatic rings. The summed E-state index contributed by atoms with van der Waals surface area (Å²) in [5.41, 5.74) is 1.32. The van der Waals surface area contributed by atoms with E-state index in [9.17, 15) is 4.79 Å². The number of aryl methyl sites for hydroxylation is 1. The van der Waals surface area contributed by atoms with Gasteiger partial charge in [-0.1, -0.05) is 78.4 Å². The molecule has 0 aliphatic carbocycles. The van der Waals surface area contributed by atoms with Crippen molar-refractivity contribution in [2.24, 2.45) is 0 Å². The molecular formula is C18H22O2. The molecule has 2 nitrogen and oxygen atoms in total. The van der Waals surface area contributed by atoms with Crippen molar-refractivity contribution in [3.8, 4) is 0 Å². The van der Waals surface area contributed by atoms with Crippen LogP contribution in [0.3, 0.4) is 0 Å². The average molecular weight is 270 g/mol. The van der Waals surface area contributed by atoms with Crippen molar-refractivity contribution in [3.63, 3.8) is 0 Å². The topological polar surface area (TPSA) is 37.3 Å². The lowest BCUT2D eigenvalue weighted by Gasteiger charge is -1.82. The Hall–Kier alpha value is -2.35. The molecule has 0 fully saturated rings. The van der Waals surface area contributed by atoms with Crippen LogP contribution in [0.1, 0.15) is 18.9 Å². The van der Waals surface area contributed by atoms with Gasteiger partial charge in [0.2, 0.25) is 0 Å². The number of hydrogen-bond acceptors (Lipinski definition) is 1. The quantitative estimate of drug-likeness (QED) is 0.622. The monoisotopic (exact) mass is 270 g/mol. The third-order valence-electron chi connectivity index (χ3n) is 2.13. The van der Waals surface area contributed by atoms with Gasteiger partial charge in [0, 0.05) is 6.08 Å². The molecule has 0 heterocycles. The summed E-state index contributed by atoms with van der Waals surface area (Å²) in [5, 5.41) is 8.25. The molecule has 0 atom stereocenters. The van der Waals surface area contributed by atoms with E-state index in [-0.39, 0.29) is 0 Å². The Morgan fingerprint density at radius 3 is 2.20 bits per heavy atom. The van der Waals surface area contributed by atoms with Crippen LogP contribution in [0, 0.1) is 6.92 Å². The van der Waals surface area contributed by atoms with E-state index in [1.54, 1.807) is 6.08 Å². The molecule has 1 N–H and O–H groups in total. The first-order valence-corrected chi connectivity index (χ1v) is 6.52. The Labute approximate surface area is 121 Å². The summed E-state index contributed by atoms with van der Waals surface area (Å²) in [6, 6.07) is 10.3. The number of rotatable bonds is 5. The second-order valence-corrected chi connectivity index (χ2v) is 3.97. The molecule has 0 unspecified atom stereocenters. The fraction of sp³-hybridized carbons (Fsp3) is 0.167. The number of aliphatic carboxylic acids is 1. The summed E-state index contributed by atoms with van der Waals surface area (Å²) in [4.78, 5) is 10.0. The first-order chi connectivity index (χ1) is 9.66. The fourth-order valence-corrected chi connectivity index (χ4v) is 1.18. The van der Waals surface area contributed by atoms with Gasteiger partial charge >= 0.3 is 5.97 Å². The molecule has 1 aromatic carbocycles. The number of carboxylic acids is 1. The maximum Gasteiger partial charge on any atom is 0.327 e. The molecule has 0 aliphatic rings.